The minimum absolute atomic E-state index is 0.0880. The van der Waals surface area contributed by atoms with Crippen molar-refractivity contribution in [3.63, 3.8) is 0 Å². The summed E-state index contributed by atoms with van der Waals surface area (Å²) in [7, 11) is 1.69. The topological polar surface area (TPSA) is 92.6 Å². The second kappa shape index (κ2) is 5.28. The molecule has 7 heteroatoms. The summed E-state index contributed by atoms with van der Waals surface area (Å²) in [4.78, 5) is 35.2. The molecule has 0 spiro atoms. The molecule has 1 aliphatic heterocycles. The number of Topliss-reactive ketones (excluding diaryl/α,β-unsaturated/α-hetero) is 1. The van der Waals surface area contributed by atoms with E-state index in [0.717, 1.165) is 0 Å². The van der Waals surface area contributed by atoms with Crippen LogP contribution in [0.5, 0.6) is 0 Å². The largest absolute Gasteiger partial charge is 0.368 e. The summed E-state index contributed by atoms with van der Waals surface area (Å²) in [5.74, 6) is -0.328. The molecule has 1 atom stereocenters. The van der Waals surface area contributed by atoms with Crippen LogP contribution in [-0.2, 0) is 4.79 Å². The van der Waals surface area contributed by atoms with Gasteiger partial charge >= 0.3 is 0 Å². The van der Waals surface area contributed by atoms with Crippen LogP contribution in [0.2, 0.25) is 0 Å². The summed E-state index contributed by atoms with van der Waals surface area (Å²) in [6.45, 7) is 1.97. The lowest BCUT2D eigenvalue weighted by molar-refractivity contribution is -0.384. The van der Waals surface area contributed by atoms with Gasteiger partial charge in [-0.25, -0.2) is 0 Å². The van der Waals surface area contributed by atoms with Crippen LogP contribution in [0.3, 0.4) is 0 Å². The Hall–Kier alpha value is -2.44. The van der Waals surface area contributed by atoms with Gasteiger partial charge in [0.15, 0.2) is 5.78 Å². The monoisotopic (exact) mass is 277 g/mol. The van der Waals surface area contributed by atoms with Crippen LogP contribution < -0.4 is 5.32 Å². The fraction of sp³-hybridized carbons (Fsp3) is 0.385. The maximum Gasteiger partial charge on any atom is 0.293 e. The van der Waals surface area contributed by atoms with Crippen LogP contribution in [0.25, 0.3) is 0 Å². The number of ketones is 1. The van der Waals surface area contributed by atoms with E-state index in [1.54, 1.807) is 11.9 Å². The fourth-order valence-corrected chi connectivity index (χ4v) is 2.17. The summed E-state index contributed by atoms with van der Waals surface area (Å²) in [6.07, 6.45) is 0.598. The van der Waals surface area contributed by atoms with Crippen molar-refractivity contribution in [1.29, 1.82) is 0 Å². The highest BCUT2D eigenvalue weighted by atomic mass is 16.6. The van der Waals surface area contributed by atoms with Crippen molar-refractivity contribution in [3.8, 4) is 0 Å². The lowest BCUT2D eigenvalue weighted by atomic mass is 10.1. The number of carbonyl (C=O) groups is 2. The average Bonchev–Trinajstić information content (AvgIpc) is 2.70. The number of hydrogen-bond acceptors (Lipinski definition) is 5. The standard InChI is InChI=1S/C13H15N3O4/c1-8(17)9-3-4-10(12(7-9)16(19)20)14-11-5-6-15(2)13(11)18/h3-4,7,11,14H,5-6H2,1-2H3. The molecule has 1 fully saturated rings. The van der Waals surface area contributed by atoms with E-state index in [2.05, 4.69) is 5.32 Å². The van der Waals surface area contributed by atoms with E-state index >= 15 is 0 Å². The number of likely N-dealkylation sites (N-methyl/N-ethyl adjacent to an activating group) is 1. The molecule has 1 unspecified atom stereocenters. The Morgan fingerprint density at radius 2 is 2.20 bits per heavy atom. The Bertz CT molecular complexity index is 585. The van der Waals surface area contributed by atoms with Gasteiger partial charge in [0.25, 0.3) is 5.69 Å². The predicted octanol–water partition coefficient (Wildman–Crippen LogP) is 1.44. The van der Waals surface area contributed by atoms with Crippen molar-refractivity contribution in [2.75, 3.05) is 18.9 Å². The molecule has 106 valence electrons. The molecule has 0 aromatic heterocycles. The minimum atomic E-state index is -0.558. The summed E-state index contributed by atoms with van der Waals surface area (Å²) in [5, 5.41) is 14.0. The first-order chi connectivity index (χ1) is 9.40. The molecule has 1 aromatic carbocycles. The molecule has 0 bridgehead atoms. The molecule has 2 rings (SSSR count). The molecule has 1 amide bonds. The van der Waals surface area contributed by atoms with Crippen molar-refractivity contribution in [1.82, 2.24) is 4.90 Å². The van der Waals surface area contributed by atoms with Gasteiger partial charge in [-0.3, -0.25) is 19.7 Å². The zero-order valence-corrected chi connectivity index (χ0v) is 11.3. The van der Waals surface area contributed by atoms with Gasteiger partial charge in [0.2, 0.25) is 5.91 Å². The minimum Gasteiger partial charge on any atom is -0.368 e. The van der Waals surface area contributed by atoms with E-state index in [0.29, 0.717) is 13.0 Å². The zero-order chi connectivity index (χ0) is 14.9. The number of likely N-dealkylation sites (tertiary alicyclic amines) is 1. The van der Waals surface area contributed by atoms with Gasteiger partial charge in [0.1, 0.15) is 11.7 Å². The van der Waals surface area contributed by atoms with Crippen molar-refractivity contribution in [3.05, 3.63) is 33.9 Å². The first-order valence-corrected chi connectivity index (χ1v) is 6.21. The van der Waals surface area contributed by atoms with E-state index in [1.165, 1.54) is 25.1 Å². The smallest absolute Gasteiger partial charge is 0.293 e. The third-order valence-electron chi connectivity index (χ3n) is 3.36. The number of rotatable bonds is 4. The van der Waals surface area contributed by atoms with E-state index < -0.39 is 11.0 Å². The van der Waals surface area contributed by atoms with Gasteiger partial charge in [-0.1, -0.05) is 0 Å². The summed E-state index contributed by atoms with van der Waals surface area (Å²) < 4.78 is 0. The maximum atomic E-state index is 11.8. The molecule has 20 heavy (non-hydrogen) atoms. The molecule has 1 aliphatic rings. The highest BCUT2D eigenvalue weighted by Crippen LogP contribution is 2.28. The van der Waals surface area contributed by atoms with Crippen molar-refractivity contribution in [2.24, 2.45) is 0 Å². The lowest BCUT2D eigenvalue weighted by Gasteiger charge is -2.13. The molecule has 7 nitrogen and oxygen atoms in total. The number of nitro groups is 1. The first-order valence-electron chi connectivity index (χ1n) is 6.21. The van der Waals surface area contributed by atoms with E-state index in [9.17, 15) is 19.7 Å². The zero-order valence-electron chi connectivity index (χ0n) is 11.3. The normalized spacial score (nSPS) is 18.2. The highest BCUT2D eigenvalue weighted by Gasteiger charge is 2.30. The molecule has 1 heterocycles. The lowest BCUT2D eigenvalue weighted by Crippen LogP contribution is -2.31. The number of benzene rings is 1. The Balaban J connectivity index is 2.30. The first kappa shape index (κ1) is 14.0. The molecule has 0 saturated carbocycles. The molecule has 0 radical (unpaired) electrons. The average molecular weight is 277 g/mol. The Kier molecular flexibility index (Phi) is 3.69. The summed E-state index contributed by atoms with van der Waals surface area (Å²) >= 11 is 0. The van der Waals surface area contributed by atoms with E-state index in [1.807, 2.05) is 0 Å². The van der Waals surface area contributed by atoms with Crippen LogP contribution in [0, 0.1) is 10.1 Å². The summed E-state index contributed by atoms with van der Waals surface area (Å²) in [6, 6.07) is 3.76. The van der Waals surface area contributed by atoms with Crippen LogP contribution in [0.4, 0.5) is 11.4 Å². The van der Waals surface area contributed by atoms with Crippen molar-refractivity contribution < 1.29 is 14.5 Å². The number of nitro benzene ring substituents is 1. The number of nitrogens with one attached hydrogen (secondary N) is 1. The molecular formula is C13H15N3O4. The Morgan fingerprint density at radius 1 is 1.50 bits per heavy atom. The van der Waals surface area contributed by atoms with E-state index in [-0.39, 0.29) is 28.6 Å². The molecule has 1 saturated heterocycles. The van der Waals surface area contributed by atoms with Crippen LogP contribution in [0.1, 0.15) is 23.7 Å². The van der Waals surface area contributed by atoms with Gasteiger partial charge in [-0.2, -0.15) is 0 Å². The second-order valence-electron chi connectivity index (χ2n) is 4.79. The number of anilines is 1. The van der Waals surface area contributed by atoms with E-state index in [4.69, 9.17) is 0 Å². The molecule has 1 N–H and O–H groups in total. The number of amides is 1. The van der Waals surface area contributed by atoms with Crippen LogP contribution >= 0.6 is 0 Å². The Morgan fingerprint density at radius 3 is 2.70 bits per heavy atom. The van der Waals surface area contributed by atoms with Gasteiger partial charge < -0.3 is 10.2 Å². The van der Waals surface area contributed by atoms with Crippen molar-refractivity contribution >= 4 is 23.1 Å². The van der Waals surface area contributed by atoms with Crippen molar-refractivity contribution in [2.45, 2.75) is 19.4 Å². The number of hydrogen-bond donors (Lipinski definition) is 1. The SMILES string of the molecule is CC(=O)c1ccc(NC2CCN(C)C2=O)c([N+](=O)[O-])c1. The fourth-order valence-electron chi connectivity index (χ4n) is 2.17. The third kappa shape index (κ3) is 2.61. The van der Waals surface area contributed by atoms with Gasteiger partial charge in [0.05, 0.1) is 4.92 Å². The predicted molar refractivity (Wildman–Crippen MR) is 72.8 cm³/mol. The Labute approximate surface area is 115 Å². The third-order valence-corrected chi connectivity index (χ3v) is 3.36. The number of carbonyl (C=O) groups excluding carboxylic acids is 2. The maximum absolute atomic E-state index is 11.8. The van der Waals surface area contributed by atoms with Crippen LogP contribution in [0.15, 0.2) is 18.2 Å². The van der Waals surface area contributed by atoms with Gasteiger partial charge in [-0.15, -0.1) is 0 Å². The van der Waals surface area contributed by atoms with Gasteiger partial charge in [-0.05, 0) is 25.5 Å². The highest BCUT2D eigenvalue weighted by molar-refractivity contribution is 5.96. The quantitative estimate of drug-likeness (QED) is 0.510. The summed E-state index contributed by atoms with van der Waals surface area (Å²) in [5.41, 5.74) is 0.339. The second-order valence-corrected chi connectivity index (χ2v) is 4.79. The van der Waals surface area contributed by atoms with Gasteiger partial charge in [0, 0.05) is 25.2 Å². The molecule has 0 aliphatic carbocycles. The van der Waals surface area contributed by atoms with Crippen LogP contribution in [-0.4, -0.2) is 41.1 Å². The molecular weight excluding hydrogens is 262 g/mol. The number of nitrogens with zero attached hydrogens (tertiary/aromatic N) is 2. The molecule has 1 aromatic rings.